The molecule has 1 aliphatic carbocycles. The lowest BCUT2D eigenvalue weighted by atomic mass is 10.1. The third-order valence-corrected chi connectivity index (χ3v) is 4.90. The normalized spacial score (nSPS) is 25.4. The number of nitrogens with one attached hydrogen (secondary N) is 2. The number of likely N-dealkylation sites (tertiary alicyclic amines) is 1. The first kappa shape index (κ1) is 17.7. The molecule has 3 rings (SSSR count). The van der Waals surface area contributed by atoms with Crippen LogP contribution < -0.4 is 10.6 Å². The lowest BCUT2D eigenvalue weighted by Crippen LogP contribution is -2.43. The summed E-state index contributed by atoms with van der Waals surface area (Å²) in [5.41, 5.74) is 2.30. The number of nitrogens with zero attached hydrogens (tertiary/aromatic N) is 2. The molecule has 1 heterocycles. The Morgan fingerprint density at radius 3 is 2.72 bits per heavy atom. The van der Waals surface area contributed by atoms with Crippen LogP contribution in [0, 0.1) is 5.92 Å². The van der Waals surface area contributed by atoms with Crippen LogP contribution in [-0.4, -0.2) is 54.5 Å². The Hall–Kier alpha value is -2.08. The second-order valence-corrected chi connectivity index (χ2v) is 7.61. The monoisotopic (exact) mass is 344 g/mol. The van der Waals surface area contributed by atoms with Gasteiger partial charge in [-0.15, -0.1) is 0 Å². The summed E-state index contributed by atoms with van der Waals surface area (Å²) in [4.78, 5) is 28.2. The number of hydrogen-bond donors (Lipinski definition) is 2. The largest absolute Gasteiger partial charge is 0.337 e. The maximum atomic E-state index is 12.1. The summed E-state index contributed by atoms with van der Waals surface area (Å²) in [7, 11) is 4.07. The Labute approximate surface area is 149 Å². The highest BCUT2D eigenvalue weighted by Gasteiger charge is 2.44. The molecule has 0 aromatic heterocycles. The van der Waals surface area contributed by atoms with Crippen LogP contribution in [0.5, 0.6) is 0 Å². The summed E-state index contributed by atoms with van der Waals surface area (Å²) in [5, 5.41) is 5.83. The third kappa shape index (κ3) is 4.72. The zero-order chi connectivity index (χ0) is 18.0. The molecular weight excluding hydrogens is 316 g/mol. The first-order valence-electron chi connectivity index (χ1n) is 8.98. The Morgan fingerprint density at radius 1 is 1.32 bits per heavy atom. The van der Waals surface area contributed by atoms with Crippen LogP contribution in [0.4, 0.5) is 4.79 Å². The van der Waals surface area contributed by atoms with E-state index in [-0.39, 0.29) is 18.0 Å². The minimum atomic E-state index is -0.207. The molecule has 3 amide bonds. The Balaban J connectivity index is 1.45. The average Bonchev–Trinajstić information content (AvgIpc) is 3.15. The predicted octanol–water partition coefficient (Wildman–Crippen LogP) is 1.56. The van der Waals surface area contributed by atoms with Gasteiger partial charge in [-0.2, -0.15) is 0 Å². The van der Waals surface area contributed by atoms with Crippen molar-refractivity contribution in [1.29, 1.82) is 0 Å². The van der Waals surface area contributed by atoms with E-state index in [1.54, 1.807) is 0 Å². The minimum Gasteiger partial charge on any atom is -0.337 e. The van der Waals surface area contributed by atoms with Gasteiger partial charge in [0.05, 0.1) is 6.04 Å². The molecule has 3 atom stereocenters. The number of amides is 3. The highest BCUT2D eigenvalue weighted by Crippen LogP contribution is 2.37. The first-order chi connectivity index (χ1) is 11.9. The average molecular weight is 344 g/mol. The minimum absolute atomic E-state index is 0.0830. The Kier molecular flexibility index (Phi) is 5.27. The van der Waals surface area contributed by atoms with Crippen molar-refractivity contribution in [3.05, 3.63) is 35.4 Å². The first-order valence-corrected chi connectivity index (χ1v) is 8.98. The van der Waals surface area contributed by atoms with Crippen LogP contribution >= 0.6 is 0 Å². The van der Waals surface area contributed by atoms with Crippen LogP contribution in [0.3, 0.4) is 0 Å². The predicted molar refractivity (Wildman–Crippen MR) is 96.9 cm³/mol. The fraction of sp³-hybridized carbons (Fsp3) is 0.579. The van der Waals surface area contributed by atoms with Crippen LogP contribution in [0.1, 0.15) is 30.9 Å². The molecule has 6 heteroatoms. The molecule has 1 aliphatic heterocycles. The number of hydrogen-bond acceptors (Lipinski definition) is 3. The quantitative estimate of drug-likeness (QED) is 0.823. The number of carbonyl (C=O) groups is 2. The van der Waals surface area contributed by atoms with E-state index in [0.717, 1.165) is 18.5 Å². The van der Waals surface area contributed by atoms with Gasteiger partial charge in [0, 0.05) is 32.1 Å². The number of carbonyl (C=O) groups excluding carboxylic acids is 2. The van der Waals surface area contributed by atoms with Gasteiger partial charge in [-0.1, -0.05) is 31.2 Å². The van der Waals surface area contributed by atoms with Gasteiger partial charge in [-0.05, 0) is 37.6 Å². The number of benzene rings is 1. The summed E-state index contributed by atoms with van der Waals surface area (Å²) in [6.45, 7) is 4.16. The maximum absolute atomic E-state index is 12.1. The Morgan fingerprint density at radius 2 is 2.04 bits per heavy atom. The molecule has 0 spiro atoms. The fourth-order valence-corrected chi connectivity index (χ4v) is 3.51. The van der Waals surface area contributed by atoms with Crippen molar-refractivity contribution in [2.45, 2.75) is 44.9 Å². The smallest absolute Gasteiger partial charge is 0.315 e. The van der Waals surface area contributed by atoms with E-state index < -0.39 is 0 Å². The van der Waals surface area contributed by atoms with Crippen molar-refractivity contribution < 1.29 is 9.59 Å². The van der Waals surface area contributed by atoms with E-state index >= 15 is 0 Å². The van der Waals surface area contributed by atoms with Crippen LogP contribution in [0.2, 0.25) is 0 Å². The SMILES string of the molecule is C[C@@H]1C[C@@H]1N1C[C@@H](NC(=O)NCc2cccc(CN(C)C)c2)CC1=O. The number of urea groups is 1. The molecule has 1 aromatic carbocycles. The third-order valence-electron chi connectivity index (χ3n) is 4.90. The van der Waals surface area contributed by atoms with Gasteiger partial charge < -0.3 is 20.4 Å². The molecule has 2 aliphatic rings. The van der Waals surface area contributed by atoms with E-state index in [0.29, 0.717) is 31.5 Å². The molecular formula is C19H28N4O2. The Bertz CT molecular complexity index is 646. The molecule has 1 saturated carbocycles. The highest BCUT2D eigenvalue weighted by atomic mass is 16.2. The second-order valence-electron chi connectivity index (χ2n) is 7.61. The zero-order valence-electron chi connectivity index (χ0n) is 15.3. The molecule has 0 unspecified atom stereocenters. The summed E-state index contributed by atoms with van der Waals surface area (Å²) in [6.07, 6.45) is 1.50. The van der Waals surface area contributed by atoms with Gasteiger partial charge >= 0.3 is 6.03 Å². The van der Waals surface area contributed by atoms with Crippen molar-refractivity contribution in [3.63, 3.8) is 0 Å². The molecule has 2 N–H and O–H groups in total. The molecule has 0 bridgehead atoms. The van der Waals surface area contributed by atoms with Crippen molar-refractivity contribution in [3.8, 4) is 0 Å². The molecule has 136 valence electrons. The highest BCUT2D eigenvalue weighted by molar-refractivity contribution is 5.82. The summed E-state index contributed by atoms with van der Waals surface area (Å²) >= 11 is 0. The fourth-order valence-electron chi connectivity index (χ4n) is 3.51. The molecule has 1 aromatic rings. The van der Waals surface area contributed by atoms with Gasteiger partial charge in [0.1, 0.15) is 0 Å². The van der Waals surface area contributed by atoms with Crippen LogP contribution in [0.25, 0.3) is 0 Å². The van der Waals surface area contributed by atoms with E-state index in [2.05, 4.69) is 34.6 Å². The van der Waals surface area contributed by atoms with Gasteiger partial charge in [-0.25, -0.2) is 4.79 Å². The van der Waals surface area contributed by atoms with Crippen molar-refractivity contribution in [1.82, 2.24) is 20.4 Å². The summed E-state index contributed by atoms with van der Waals surface area (Å²) < 4.78 is 0. The van der Waals surface area contributed by atoms with E-state index in [1.807, 2.05) is 31.1 Å². The number of rotatable bonds is 6. The van der Waals surface area contributed by atoms with Crippen LogP contribution in [0.15, 0.2) is 24.3 Å². The topological polar surface area (TPSA) is 64.7 Å². The molecule has 25 heavy (non-hydrogen) atoms. The molecule has 2 fully saturated rings. The lowest BCUT2D eigenvalue weighted by molar-refractivity contribution is -0.128. The summed E-state index contributed by atoms with van der Waals surface area (Å²) in [6, 6.07) is 8.31. The summed E-state index contributed by atoms with van der Waals surface area (Å²) in [5.74, 6) is 0.766. The van der Waals surface area contributed by atoms with E-state index in [1.165, 1.54) is 5.56 Å². The van der Waals surface area contributed by atoms with Crippen molar-refractivity contribution in [2.24, 2.45) is 5.92 Å². The standard InChI is InChI=1S/C19H28N4O2/c1-13-7-17(13)23-12-16(9-18(23)24)21-19(25)20-10-14-5-4-6-15(8-14)11-22(2)3/h4-6,8,13,16-17H,7,9-12H2,1-3H3,(H2,20,21,25)/t13-,16+,17+/m1/s1. The van der Waals surface area contributed by atoms with Gasteiger partial charge in [0.25, 0.3) is 0 Å². The second kappa shape index (κ2) is 7.44. The molecule has 0 radical (unpaired) electrons. The van der Waals surface area contributed by atoms with Gasteiger partial charge in [0.15, 0.2) is 0 Å². The molecule has 1 saturated heterocycles. The van der Waals surface area contributed by atoms with E-state index in [4.69, 9.17) is 0 Å². The van der Waals surface area contributed by atoms with Crippen LogP contribution in [-0.2, 0) is 17.9 Å². The molecule has 6 nitrogen and oxygen atoms in total. The lowest BCUT2D eigenvalue weighted by Gasteiger charge is -2.17. The maximum Gasteiger partial charge on any atom is 0.315 e. The van der Waals surface area contributed by atoms with Crippen molar-refractivity contribution in [2.75, 3.05) is 20.6 Å². The zero-order valence-corrected chi connectivity index (χ0v) is 15.3. The van der Waals surface area contributed by atoms with E-state index in [9.17, 15) is 9.59 Å². The van der Waals surface area contributed by atoms with Gasteiger partial charge in [-0.3, -0.25) is 4.79 Å². The van der Waals surface area contributed by atoms with Crippen molar-refractivity contribution >= 4 is 11.9 Å². The van der Waals surface area contributed by atoms with Gasteiger partial charge in [0.2, 0.25) is 5.91 Å².